The summed E-state index contributed by atoms with van der Waals surface area (Å²) < 4.78 is 11.6. The Bertz CT molecular complexity index is 938. The van der Waals surface area contributed by atoms with E-state index in [9.17, 15) is 0 Å². The van der Waals surface area contributed by atoms with Crippen LogP contribution in [0.15, 0.2) is 42.7 Å². The fourth-order valence-corrected chi connectivity index (χ4v) is 3.88. The summed E-state index contributed by atoms with van der Waals surface area (Å²) in [5, 5.41) is 3.71. The second-order valence-electron chi connectivity index (χ2n) is 8.49. The summed E-state index contributed by atoms with van der Waals surface area (Å²) in [4.78, 5) is 7.34. The van der Waals surface area contributed by atoms with E-state index in [1.807, 2.05) is 24.3 Å². The maximum absolute atomic E-state index is 6.06. The van der Waals surface area contributed by atoms with Crippen LogP contribution in [-0.4, -0.2) is 23.1 Å². The number of ether oxygens (including phenoxy) is 2. The molecule has 0 bridgehead atoms. The molecule has 1 fully saturated rings. The van der Waals surface area contributed by atoms with Gasteiger partial charge < -0.3 is 19.8 Å². The summed E-state index contributed by atoms with van der Waals surface area (Å²) in [6.45, 7) is 5.59. The molecular weight excluding hydrogens is 350 g/mol. The van der Waals surface area contributed by atoms with Gasteiger partial charge in [-0.15, -0.1) is 0 Å². The van der Waals surface area contributed by atoms with Gasteiger partial charge in [0.25, 0.3) is 0 Å². The molecule has 3 aromatic rings. The number of fused-ring (bicyclic) bond motifs is 1. The number of nitrogens with zero attached hydrogens (tertiary/aromatic N) is 1. The first-order valence-electron chi connectivity index (χ1n) is 10.0. The first kappa shape index (κ1) is 18.8. The van der Waals surface area contributed by atoms with Crippen molar-refractivity contribution in [3.8, 4) is 17.2 Å². The Morgan fingerprint density at radius 3 is 2.71 bits per heavy atom. The van der Waals surface area contributed by atoms with E-state index in [4.69, 9.17) is 9.47 Å². The fourth-order valence-electron chi connectivity index (χ4n) is 3.88. The maximum Gasteiger partial charge on any atom is 0.169 e. The quantitative estimate of drug-likeness (QED) is 0.600. The standard InChI is InChI=1S/C23H29N3O2/c1-23(2)10-8-17(9-11-23)24-14-16-4-7-21(22(12-16)27-3)28-18-5-6-19-20(13-18)26-15-25-19/h4-7,12-13,15,17,24H,8-11,14H2,1-3H3,(H,25,26). The van der Waals surface area contributed by atoms with E-state index in [1.165, 1.54) is 31.2 Å². The molecule has 2 N–H and O–H groups in total. The van der Waals surface area contributed by atoms with Gasteiger partial charge in [0, 0.05) is 18.7 Å². The Hall–Kier alpha value is -2.53. The van der Waals surface area contributed by atoms with Gasteiger partial charge in [0.1, 0.15) is 5.75 Å². The molecule has 1 saturated carbocycles. The molecule has 148 valence electrons. The van der Waals surface area contributed by atoms with Gasteiger partial charge in [-0.25, -0.2) is 4.98 Å². The predicted molar refractivity (Wildman–Crippen MR) is 112 cm³/mol. The SMILES string of the molecule is COc1cc(CNC2CCC(C)(C)CC2)ccc1Oc1ccc2nc[nH]c2c1. The van der Waals surface area contributed by atoms with Crippen LogP contribution >= 0.6 is 0 Å². The van der Waals surface area contributed by atoms with Gasteiger partial charge in [0.15, 0.2) is 11.5 Å². The van der Waals surface area contributed by atoms with Gasteiger partial charge in [0.05, 0.1) is 24.5 Å². The molecule has 0 saturated heterocycles. The molecule has 0 spiro atoms. The Labute approximate surface area is 166 Å². The normalized spacial score (nSPS) is 17.0. The monoisotopic (exact) mass is 379 g/mol. The highest BCUT2D eigenvalue weighted by atomic mass is 16.5. The second kappa shape index (κ2) is 7.84. The minimum absolute atomic E-state index is 0.500. The summed E-state index contributed by atoms with van der Waals surface area (Å²) in [7, 11) is 1.68. The molecule has 0 amide bonds. The average Bonchev–Trinajstić information content (AvgIpc) is 3.16. The summed E-state index contributed by atoms with van der Waals surface area (Å²) >= 11 is 0. The lowest BCUT2D eigenvalue weighted by atomic mass is 9.75. The lowest BCUT2D eigenvalue weighted by Crippen LogP contribution is -2.35. The number of aromatic amines is 1. The number of nitrogens with one attached hydrogen (secondary N) is 2. The van der Waals surface area contributed by atoms with E-state index in [2.05, 4.69) is 41.3 Å². The molecule has 2 aromatic carbocycles. The maximum atomic E-state index is 6.06. The third kappa shape index (κ3) is 4.30. The molecule has 4 rings (SSSR count). The van der Waals surface area contributed by atoms with Gasteiger partial charge in [-0.2, -0.15) is 0 Å². The minimum atomic E-state index is 0.500. The first-order chi connectivity index (χ1) is 13.5. The van der Waals surface area contributed by atoms with E-state index in [0.717, 1.165) is 29.1 Å². The predicted octanol–water partition coefficient (Wildman–Crippen LogP) is 5.42. The van der Waals surface area contributed by atoms with Crippen LogP contribution in [0.2, 0.25) is 0 Å². The van der Waals surface area contributed by atoms with Gasteiger partial charge >= 0.3 is 0 Å². The van der Waals surface area contributed by atoms with E-state index in [1.54, 1.807) is 13.4 Å². The number of methoxy groups -OCH3 is 1. The molecular formula is C23H29N3O2. The topological polar surface area (TPSA) is 59.2 Å². The third-order valence-electron chi connectivity index (χ3n) is 5.78. The van der Waals surface area contributed by atoms with Crippen molar-refractivity contribution in [2.45, 2.75) is 52.1 Å². The van der Waals surface area contributed by atoms with Crippen LogP contribution in [0.25, 0.3) is 11.0 Å². The minimum Gasteiger partial charge on any atom is -0.493 e. The molecule has 1 heterocycles. The third-order valence-corrected chi connectivity index (χ3v) is 5.78. The summed E-state index contributed by atoms with van der Waals surface area (Å²) in [5.41, 5.74) is 3.58. The Morgan fingerprint density at radius 1 is 1.11 bits per heavy atom. The molecule has 1 aliphatic rings. The Morgan fingerprint density at radius 2 is 1.93 bits per heavy atom. The van der Waals surface area contributed by atoms with Crippen molar-refractivity contribution >= 4 is 11.0 Å². The largest absolute Gasteiger partial charge is 0.493 e. The highest BCUT2D eigenvalue weighted by Crippen LogP contribution is 2.36. The van der Waals surface area contributed by atoms with Crippen molar-refractivity contribution in [2.24, 2.45) is 5.41 Å². The summed E-state index contributed by atoms with van der Waals surface area (Å²) in [6.07, 6.45) is 6.77. The molecule has 0 aliphatic heterocycles. The lowest BCUT2D eigenvalue weighted by Gasteiger charge is -2.34. The Kier molecular flexibility index (Phi) is 5.27. The lowest BCUT2D eigenvalue weighted by molar-refractivity contribution is 0.206. The van der Waals surface area contributed by atoms with Crippen LogP contribution in [0.3, 0.4) is 0 Å². The van der Waals surface area contributed by atoms with Crippen LogP contribution in [0, 0.1) is 5.41 Å². The van der Waals surface area contributed by atoms with Crippen LogP contribution in [0.1, 0.15) is 45.1 Å². The number of benzene rings is 2. The molecule has 1 aliphatic carbocycles. The molecule has 5 nitrogen and oxygen atoms in total. The van der Waals surface area contributed by atoms with Crippen molar-refractivity contribution in [2.75, 3.05) is 7.11 Å². The van der Waals surface area contributed by atoms with E-state index in [-0.39, 0.29) is 0 Å². The molecule has 0 atom stereocenters. The van der Waals surface area contributed by atoms with Crippen LogP contribution in [-0.2, 0) is 6.54 Å². The smallest absolute Gasteiger partial charge is 0.169 e. The Balaban J connectivity index is 1.41. The van der Waals surface area contributed by atoms with Crippen molar-refractivity contribution in [1.82, 2.24) is 15.3 Å². The fraction of sp³-hybridized carbons (Fsp3) is 0.435. The van der Waals surface area contributed by atoms with E-state index < -0.39 is 0 Å². The van der Waals surface area contributed by atoms with Crippen LogP contribution < -0.4 is 14.8 Å². The molecule has 28 heavy (non-hydrogen) atoms. The van der Waals surface area contributed by atoms with Gasteiger partial charge in [-0.1, -0.05) is 19.9 Å². The number of imidazole rings is 1. The highest BCUT2D eigenvalue weighted by Gasteiger charge is 2.26. The van der Waals surface area contributed by atoms with E-state index in [0.29, 0.717) is 17.2 Å². The molecule has 0 unspecified atom stereocenters. The van der Waals surface area contributed by atoms with Crippen molar-refractivity contribution in [1.29, 1.82) is 0 Å². The van der Waals surface area contributed by atoms with Crippen molar-refractivity contribution in [3.05, 3.63) is 48.3 Å². The highest BCUT2D eigenvalue weighted by molar-refractivity contribution is 5.76. The molecule has 1 aromatic heterocycles. The average molecular weight is 380 g/mol. The zero-order valence-corrected chi connectivity index (χ0v) is 16.9. The zero-order valence-electron chi connectivity index (χ0n) is 16.9. The number of H-pyrrole nitrogens is 1. The zero-order chi connectivity index (χ0) is 19.6. The number of rotatable bonds is 6. The molecule has 0 radical (unpaired) electrons. The molecule has 5 heteroatoms. The van der Waals surface area contributed by atoms with Gasteiger partial charge in [0.2, 0.25) is 0 Å². The number of hydrogen-bond donors (Lipinski definition) is 2. The van der Waals surface area contributed by atoms with Gasteiger partial charge in [-0.05, 0) is 60.9 Å². The van der Waals surface area contributed by atoms with Crippen LogP contribution in [0.5, 0.6) is 17.2 Å². The number of hydrogen-bond acceptors (Lipinski definition) is 4. The van der Waals surface area contributed by atoms with Crippen molar-refractivity contribution in [3.63, 3.8) is 0 Å². The van der Waals surface area contributed by atoms with Gasteiger partial charge in [-0.3, -0.25) is 0 Å². The number of aromatic nitrogens is 2. The second-order valence-corrected chi connectivity index (χ2v) is 8.49. The summed E-state index contributed by atoms with van der Waals surface area (Å²) in [5.74, 6) is 2.21. The first-order valence-corrected chi connectivity index (χ1v) is 10.0. The summed E-state index contributed by atoms with van der Waals surface area (Å²) in [6, 6.07) is 12.6. The van der Waals surface area contributed by atoms with E-state index >= 15 is 0 Å². The van der Waals surface area contributed by atoms with Crippen LogP contribution in [0.4, 0.5) is 0 Å². The van der Waals surface area contributed by atoms with Crippen molar-refractivity contribution < 1.29 is 9.47 Å².